The lowest BCUT2D eigenvalue weighted by atomic mass is 9.93. The number of rotatable bonds is 6. The SMILES string of the molecule is c1ccc(-c2ccc(Nc3ccc(-c4ccccc4)c(-c4ccccc4)c3)cc2-c2ccccc2)cc1. The minimum absolute atomic E-state index is 1.06. The van der Waals surface area contributed by atoms with Gasteiger partial charge in [-0.1, -0.05) is 133 Å². The molecule has 0 saturated heterocycles. The van der Waals surface area contributed by atoms with Gasteiger partial charge in [-0.15, -0.1) is 0 Å². The molecule has 0 heterocycles. The molecule has 0 aliphatic carbocycles. The Morgan fingerprint density at radius 3 is 0.892 bits per heavy atom. The number of benzene rings is 6. The Labute approximate surface area is 218 Å². The van der Waals surface area contributed by atoms with Gasteiger partial charge in [0.25, 0.3) is 0 Å². The zero-order chi connectivity index (χ0) is 24.9. The highest BCUT2D eigenvalue weighted by molar-refractivity contribution is 5.89. The fourth-order valence-corrected chi connectivity index (χ4v) is 4.86. The predicted molar refractivity (Wildman–Crippen MR) is 158 cm³/mol. The second-order valence-corrected chi connectivity index (χ2v) is 9.11. The molecule has 6 aromatic rings. The van der Waals surface area contributed by atoms with Crippen molar-refractivity contribution in [1.82, 2.24) is 0 Å². The van der Waals surface area contributed by atoms with Crippen molar-refractivity contribution in [3.8, 4) is 44.5 Å². The first-order valence-corrected chi connectivity index (χ1v) is 12.6. The van der Waals surface area contributed by atoms with Crippen molar-refractivity contribution in [2.75, 3.05) is 5.32 Å². The van der Waals surface area contributed by atoms with Crippen LogP contribution in [0.5, 0.6) is 0 Å². The van der Waals surface area contributed by atoms with E-state index in [-0.39, 0.29) is 0 Å². The van der Waals surface area contributed by atoms with Crippen LogP contribution in [0, 0.1) is 0 Å². The van der Waals surface area contributed by atoms with E-state index < -0.39 is 0 Å². The summed E-state index contributed by atoms with van der Waals surface area (Å²) in [6, 6.07) is 55.7. The zero-order valence-electron chi connectivity index (χ0n) is 20.5. The molecule has 0 fully saturated rings. The van der Waals surface area contributed by atoms with Gasteiger partial charge in [-0.2, -0.15) is 0 Å². The highest BCUT2D eigenvalue weighted by Gasteiger charge is 2.11. The van der Waals surface area contributed by atoms with Crippen LogP contribution >= 0.6 is 0 Å². The Balaban J connectivity index is 1.42. The molecule has 0 spiro atoms. The first kappa shape index (κ1) is 22.6. The predicted octanol–water partition coefficient (Wildman–Crippen LogP) is 10.1. The summed E-state index contributed by atoms with van der Waals surface area (Å²) in [5.74, 6) is 0. The van der Waals surface area contributed by atoms with Crippen LogP contribution < -0.4 is 5.32 Å². The molecule has 0 radical (unpaired) electrons. The van der Waals surface area contributed by atoms with Crippen LogP contribution in [-0.4, -0.2) is 0 Å². The van der Waals surface area contributed by atoms with Crippen LogP contribution in [0.4, 0.5) is 11.4 Å². The molecular weight excluding hydrogens is 446 g/mol. The van der Waals surface area contributed by atoms with Crippen molar-refractivity contribution in [2.45, 2.75) is 0 Å². The summed E-state index contributed by atoms with van der Waals surface area (Å²) < 4.78 is 0. The van der Waals surface area contributed by atoms with Crippen molar-refractivity contribution in [3.63, 3.8) is 0 Å². The number of hydrogen-bond donors (Lipinski definition) is 1. The number of hydrogen-bond acceptors (Lipinski definition) is 1. The molecule has 6 aromatic carbocycles. The molecule has 0 aliphatic heterocycles. The van der Waals surface area contributed by atoms with Gasteiger partial charge in [0.05, 0.1) is 0 Å². The summed E-state index contributed by atoms with van der Waals surface area (Å²) >= 11 is 0. The highest BCUT2D eigenvalue weighted by Crippen LogP contribution is 2.37. The Kier molecular flexibility index (Phi) is 6.34. The molecule has 0 amide bonds. The molecule has 0 aromatic heterocycles. The van der Waals surface area contributed by atoms with Gasteiger partial charge >= 0.3 is 0 Å². The third-order valence-electron chi connectivity index (χ3n) is 6.67. The van der Waals surface area contributed by atoms with Gasteiger partial charge in [0.15, 0.2) is 0 Å². The smallest absolute Gasteiger partial charge is 0.0390 e. The molecule has 0 unspecified atom stereocenters. The van der Waals surface area contributed by atoms with Crippen molar-refractivity contribution in [3.05, 3.63) is 158 Å². The van der Waals surface area contributed by atoms with E-state index in [1.165, 1.54) is 44.5 Å². The van der Waals surface area contributed by atoms with E-state index in [1.807, 2.05) is 0 Å². The molecule has 1 nitrogen and oxygen atoms in total. The van der Waals surface area contributed by atoms with Crippen LogP contribution in [0.2, 0.25) is 0 Å². The highest BCUT2D eigenvalue weighted by atomic mass is 14.9. The first-order valence-electron chi connectivity index (χ1n) is 12.6. The van der Waals surface area contributed by atoms with Crippen molar-refractivity contribution in [2.24, 2.45) is 0 Å². The Hall–Kier alpha value is -4.88. The maximum absolute atomic E-state index is 3.68. The minimum atomic E-state index is 1.06. The summed E-state index contributed by atoms with van der Waals surface area (Å²) in [5.41, 5.74) is 11.8. The Bertz CT molecular complexity index is 1480. The van der Waals surface area contributed by atoms with Crippen LogP contribution in [0.1, 0.15) is 0 Å². The van der Waals surface area contributed by atoms with E-state index in [1.54, 1.807) is 0 Å². The summed E-state index contributed by atoms with van der Waals surface area (Å²) in [6.45, 7) is 0. The summed E-state index contributed by atoms with van der Waals surface area (Å²) in [7, 11) is 0. The van der Waals surface area contributed by atoms with Crippen LogP contribution in [-0.2, 0) is 0 Å². The number of nitrogens with one attached hydrogen (secondary N) is 1. The maximum atomic E-state index is 3.68. The van der Waals surface area contributed by atoms with Crippen molar-refractivity contribution in [1.29, 1.82) is 0 Å². The third kappa shape index (κ3) is 4.94. The van der Waals surface area contributed by atoms with E-state index >= 15 is 0 Å². The molecule has 0 bridgehead atoms. The summed E-state index contributed by atoms with van der Waals surface area (Å²) in [4.78, 5) is 0. The zero-order valence-corrected chi connectivity index (χ0v) is 20.5. The molecule has 1 heteroatoms. The lowest BCUT2D eigenvalue weighted by Crippen LogP contribution is -1.94. The molecule has 0 aliphatic rings. The van der Waals surface area contributed by atoms with Crippen molar-refractivity contribution < 1.29 is 0 Å². The lowest BCUT2D eigenvalue weighted by Gasteiger charge is -2.16. The minimum Gasteiger partial charge on any atom is -0.355 e. The maximum Gasteiger partial charge on any atom is 0.0390 e. The number of anilines is 2. The molecule has 0 atom stereocenters. The molecule has 1 N–H and O–H groups in total. The summed E-state index contributed by atoms with van der Waals surface area (Å²) in [6.07, 6.45) is 0. The fraction of sp³-hybridized carbons (Fsp3) is 0. The van der Waals surface area contributed by atoms with Crippen LogP contribution in [0.3, 0.4) is 0 Å². The average Bonchev–Trinajstić information content (AvgIpc) is 2.99. The molecule has 37 heavy (non-hydrogen) atoms. The van der Waals surface area contributed by atoms with E-state index in [0.717, 1.165) is 11.4 Å². The first-order chi connectivity index (χ1) is 18.3. The Morgan fingerprint density at radius 1 is 0.270 bits per heavy atom. The second-order valence-electron chi connectivity index (χ2n) is 9.11. The normalized spacial score (nSPS) is 10.7. The largest absolute Gasteiger partial charge is 0.355 e. The molecule has 176 valence electrons. The van der Waals surface area contributed by atoms with Gasteiger partial charge in [-0.05, 0) is 68.8 Å². The lowest BCUT2D eigenvalue weighted by molar-refractivity contribution is 1.51. The van der Waals surface area contributed by atoms with Crippen LogP contribution in [0.25, 0.3) is 44.5 Å². The van der Waals surface area contributed by atoms with Gasteiger partial charge in [-0.25, -0.2) is 0 Å². The third-order valence-corrected chi connectivity index (χ3v) is 6.67. The van der Waals surface area contributed by atoms with Gasteiger partial charge in [-0.3, -0.25) is 0 Å². The topological polar surface area (TPSA) is 12.0 Å². The van der Waals surface area contributed by atoms with E-state index in [2.05, 4.69) is 163 Å². The average molecular weight is 474 g/mol. The second kappa shape index (κ2) is 10.4. The van der Waals surface area contributed by atoms with Gasteiger partial charge in [0.2, 0.25) is 0 Å². The van der Waals surface area contributed by atoms with Gasteiger partial charge in [0, 0.05) is 11.4 Å². The van der Waals surface area contributed by atoms with Crippen molar-refractivity contribution >= 4 is 11.4 Å². The molecular formula is C36H27N. The quantitative estimate of drug-likeness (QED) is 0.254. The fourth-order valence-electron chi connectivity index (χ4n) is 4.86. The monoisotopic (exact) mass is 473 g/mol. The van der Waals surface area contributed by atoms with Crippen LogP contribution in [0.15, 0.2) is 158 Å². The van der Waals surface area contributed by atoms with E-state index in [0.29, 0.717) is 0 Å². The molecule has 6 rings (SSSR count). The van der Waals surface area contributed by atoms with Gasteiger partial charge < -0.3 is 5.32 Å². The Morgan fingerprint density at radius 2 is 0.568 bits per heavy atom. The standard InChI is InChI=1S/C36H27N/c1-5-13-27(14-6-1)33-23-21-31(25-35(33)29-17-9-3-10-18-29)37-32-22-24-34(28-15-7-2-8-16-28)36(26-32)30-19-11-4-12-20-30/h1-26,37H. The van der Waals surface area contributed by atoms with Gasteiger partial charge in [0.1, 0.15) is 0 Å². The molecule has 0 saturated carbocycles. The van der Waals surface area contributed by atoms with E-state index in [9.17, 15) is 0 Å². The van der Waals surface area contributed by atoms with E-state index in [4.69, 9.17) is 0 Å². The summed E-state index contributed by atoms with van der Waals surface area (Å²) in [5, 5.41) is 3.68.